The highest BCUT2D eigenvalue weighted by Crippen LogP contribution is 2.31. The van der Waals surface area contributed by atoms with E-state index in [1.54, 1.807) is 6.92 Å². The fourth-order valence-electron chi connectivity index (χ4n) is 2.66. The average molecular weight is 477 g/mol. The molecular weight excluding hydrogens is 456 g/mol. The molecular formula is C20H21F2N7O3S. The number of nitrogens with zero attached hydrogens (tertiary/aromatic N) is 5. The Hall–Kier alpha value is -3.61. The van der Waals surface area contributed by atoms with E-state index in [2.05, 4.69) is 30.2 Å². The van der Waals surface area contributed by atoms with Gasteiger partial charge in [-0.15, -0.1) is 0 Å². The smallest absolute Gasteiger partial charge is 0.275 e. The molecule has 0 spiro atoms. The normalized spacial score (nSPS) is 13.4. The third-order valence-corrected chi connectivity index (χ3v) is 5.41. The number of ether oxygens (including phenoxy) is 1. The lowest BCUT2D eigenvalue weighted by molar-refractivity contribution is 0.102. The van der Waals surface area contributed by atoms with Crippen LogP contribution >= 0.6 is 11.8 Å². The molecule has 0 saturated heterocycles. The molecule has 3 rings (SSSR count). The van der Waals surface area contributed by atoms with Crippen molar-refractivity contribution in [1.82, 2.24) is 19.9 Å². The summed E-state index contributed by atoms with van der Waals surface area (Å²) in [5.41, 5.74) is 6.02. The van der Waals surface area contributed by atoms with Crippen LogP contribution in [0.4, 0.5) is 14.5 Å². The molecule has 3 N–H and O–H groups in total. The van der Waals surface area contributed by atoms with Gasteiger partial charge in [0, 0.05) is 12.6 Å². The molecule has 0 radical (unpaired) electrons. The Bertz CT molecular complexity index is 1110. The number of aromatic nitrogens is 4. The topological polar surface area (TPSA) is 141 Å². The third kappa shape index (κ3) is 6.68. The van der Waals surface area contributed by atoms with Gasteiger partial charge in [-0.25, -0.2) is 24.3 Å². The van der Waals surface area contributed by atoms with E-state index < -0.39 is 23.3 Å². The second kappa shape index (κ2) is 10.8. The average Bonchev–Trinajstić information content (AvgIpc) is 3.34. The van der Waals surface area contributed by atoms with Crippen molar-refractivity contribution in [2.24, 2.45) is 10.7 Å². The lowest BCUT2D eigenvalue weighted by atomic mass is 10.0. The number of amides is 1. The molecule has 1 amide bonds. The zero-order valence-corrected chi connectivity index (χ0v) is 18.6. The Labute approximate surface area is 192 Å². The Morgan fingerprint density at radius 3 is 2.76 bits per heavy atom. The fourth-order valence-corrected chi connectivity index (χ4v) is 3.54. The summed E-state index contributed by atoms with van der Waals surface area (Å²) in [5, 5.41) is 2.75. The third-order valence-electron chi connectivity index (χ3n) is 4.28. The van der Waals surface area contributed by atoms with Crippen LogP contribution in [-0.2, 0) is 13.0 Å². The summed E-state index contributed by atoms with van der Waals surface area (Å²) in [5.74, 6) is -0.822. The number of nitrogens with one attached hydrogen (secondary N) is 1. The lowest BCUT2D eigenvalue weighted by Gasteiger charge is -2.25. The molecule has 3 heterocycles. The zero-order valence-electron chi connectivity index (χ0n) is 17.8. The van der Waals surface area contributed by atoms with Crippen LogP contribution in [0.3, 0.4) is 0 Å². The number of oxazole rings is 1. The lowest BCUT2D eigenvalue weighted by Crippen LogP contribution is -2.31. The molecule has 3 aromatic heterocycles. The first-order valence-electron chi connectivity index (χ1n) is 9.58. The summed E-state index contributed by atoms with van der Waals surface area (Å²) in [7, 11) is 1.48. The van der Waals surface area contributed by atoms with E-state index >= 15 is 0 Å². The van der Waals surface area contributed by atoms with Crippen LogP contribution in [0.15, 0.2) is 46.5 Å². The zero-order chi connectivity index (χ0) is 23.8. The van der Waals surface area contributed by atoms with Crippen LogP contribution in [-0.4, -0.2) is 49.5 Å². The van der Waals surface area contributed by atoms with E-state index in [-0.39, 0.29) is 41.0 Å². The standard InChI is InChI=1S/C20H21F2N7O3S/c1-20(11-21,33-19(23)24-2)6-12-5-13(7-28-17(12)22)29-18(30)14-8-27-15(9-26-14)32-10-16-25-3-4-31-16/h3-5,7-9H,6,10-11H2,1-2H3,(H2,23,24)(H,29,30)/t20-/m1/s1. The second-order valence-electron chi connectivity index (χ2n) is 7.01. The fraction of sp³-hybridized carbons (Fsp3) is 0.300. The van der Waals surface area contributed by atoms with Crippen LogP contribution in [0.1, 0.15) is 28.9 Å². The maximum absolute atomic E-state index is 14.3. The first-order valence-corrected chi connectivity index (χ1v) is 10.4. The van der Waals surface area contributed by atoms with Gasteiger partial charge < -0.3 is 20.2 Å². The second-order valence-corrected chi connectivity index (χ2v) is 8.61. The van der Waals surface area contributed by atoms with Gasteiger partial charge in [0.25, 0.3) is 5.91 Å². The minimum atomic E-state index is -1.05. The van der Waals surface area contributed by atoms with Crippen LogP contribution in [0.5, 0.6) is 5.88 Å². The van der Waals surface area contributed by atoms with Crippen LogP contribution in [0.25, 0.3) is 0 Å². The number of carbonyl (C=O) groups is 1. The van der Waals surface area contributed by atoms with E-state index in [1.165, 1.54) is 38.0 Å². The van der Waals surface area contributed by atoms with Crippen molar-refractivity contribution in [3.05, 3.63) is 60.2 Å². The quantitative estimate of drug-likeness (QED) is 0.270. The highest BCUT2D eigenvalue weighted by molar-refractivity contribution is 8.15. The van der Waals surface area contributed by atoms with Crippen molar-refractivity contribution in [1.29, 1.82) is 0 Å². The molecule has 0 aliphatic carbocycles. The van der Waals surface area contributed by atoms with Gasteiger partial charge in [-0.3, -0.25) is 9.79 Å². The van der Waals surface area contributed by atoms with Crippen molar-refractivity contribution in [2.75, 3.05) is 19.0 Å². The monoisotopic (exact) mass is 477 g/mol. The number of hydrogen-bond donors (Lipinski definition) is 2. The number of rotatable bonds is 9. The number of halogens is 2. The van der Waals surface area contributed by atoms with Gasteiger partial charge in [0.05, 0.1) is 35.2 Å². The molecule has 33 heavy (non-hydrogen) atoms. The number of amidine groups is 1. The van der Waals surface area contributed by atoms with Gasteiger partial charge in [0.2, 0.25) is 17.7 Å². The number of nitrogens with two attached hydrogens (primary N) is 1. The Kier molecular flexibility index (Phi) is 7.87. The van der Waals surface area contributed by atoms with Crippen LogP contribution < -0.4 is 15.8 Å². The Morgan fingerprint density at radius 2 is 2.12 bits per heavy atom. The molecule has 1 atom stereocenters. The molecule has 13 heteroatoms. The molecule has 0 saturated carbocycles. The number of carbonyl (C=O) groups excluding carboxylic acids is 1. The largest absolute Gasteiger partial charge is 0.467 e. The van der Waals surface area contributed by atoms with E-state index in [0.29, 0.717) is 5.89 Å². The molecule has 0 unspecified atom stereocenters. The molecule has 0 fully saturated rings. The molecule has 0 aliphatic rings. The summed E-state index contributed by atoms with van der Waals surface area (Å²) < 4.78 is 37.3. The molecule has 0 bridgehead atoms. The maximum atomic E-state index is 14.3. The SMILES string of the molecule is CN=C(N)S[C@@](C)(CF)Cc1cc(NC(=O)c2cnc(OCc3ncco3)cn2)cnc1F. The van der Waals surface area contributed by atoms with Gasteiger partial charge in [0.1, 0.15) is 18.6 Å². The number of alkyl halides is 1. The van der Waals surface area contributed by atoms with Gasteiger partial charge >= 0.3 is 0 Å². The highest BCUT2D eigenvalue weighted by Gasteiger charge is 2.29. The van der Waals surface area contributed by atoms with E-state index in [4.69, 9.17) is 14.9 Å². The molecule has 174 valence electrons. The predicted molar refractivity (Wildman–Crippen MR) is 118 cm³/mol. The number of thioether (sulfide) groups is 1. The number of pyridine rings is 1. The van der Waals surface area contributed by atoms with Crippen LogP contribution in [0.2, 0.25) is 0 Å². The minimum Gasteiger partial charge on any atom is -0.467 e. The van der Waals surface area contributed by atoms with Crippen LogP contribution in [0, 0.1) is 5.95 Å². The summed E-state index contributed by atoms with van der Waals surface area (Å²) in [6.07, 6.45) is 6.53. The van der Waals surface area contributed by atoms with Crippen molar-refractivity contribution < 1.29 is 22.7 Å². The maximum Gasteiger partial charge on any atom is 0.275 e. The van der Waals surface area contributed by atoms with Crippen molar-refractivity contribution in [3.63, 3.8) is 0 Å². The Balaban J connectivity index is 1.66. The van der Waals surface area contributed by atoms with Crippen molar-refractivity contribution in [3.8, 4) is 5.88 Å². The summed E-state index contributed by atoms with van der Waals surface area (Å²) >= 11 is 1.00. The first kappa shape index (κ1) is 24.0. The van der Waals surface area contributed by atoms with Crippen molar-refractivity contribution in [2.45, 2.75) is 24.7 Å². The summed E-state index contributed by atoms with van der Waals surface area (Å²) in [6, 6.07) is 1.38. The number of anilines is 1. The summed E-state index contributed by atoms with van der Waals surface area (Å²) in [6.45, 7) is 0.883. The minimum absolute atomic E-state index is 0.000400. The molecule has 0 aliphatic heterocycles. The van der Waals surface area contributed by atoms with Gasteiger partial charge in [-0.05, 0) is 19.4 Å². The molecule has 3 aromatic rings. The Morgan fingerprint density at radius 1 is 1.30 bits per heavy atom. The van der Waals surface area contributed by atoms with Gasteiger partial charge in [0.15, 0.2) is 11.8 Å². The van der Waals surface area contributed by atoms with Crippen molar-refractivity contribution >= 4 is 28.5 Å². The number of hydrogen-bond acceptors (Lipinski definition) is 9. The predicted octanol–water partition coefficient (Wildman–Crippen LogP) is 2.78. The molecule has 10 nitrogen and oxygen atoms in total. The van der Waals surface area contributed by atoms with E-state index in [9.17, 15) is 13.6 Å². The summed E-state index contributed by atoms with van der Waals surface area (Å²) in [4.78, 5) is 31.9. The van der Waals surface area contributed by atoms with E-state index in [0.717, 1.165) is 18.0 Å². The van der Waals surface area contributed by atoms with E-state index in [1.807, 2.05) is 0 Å². The number of aliphatic imine (C=N–C) groups is 1. The highest BCUT2D eigenvalue weighted by atomic mass is 32.2. The molecule has 0 aromatic carbocycles. The van der Waals surface area contributed by atoms with Gasteiger partial charge in [-0.2, -0.15) is 4.39 Å². The van der Waals surface area contributed by atoms with Gasteiger partial charge in [-0.1, -0.05) is 11.8 Å². The first-order chi connectivity index (χ1) is 15.8.